The number of aryl methyl sites for hydroxylation is 2. The van der Waals surface area contributed by atoms with Crippen molar-refractivity contribution >= 4 is 39.4 Å². The van der Waals surface area contributed by atoms with Gasteiger partial charge in [-0.25, -0.2) is 14.6 Å². The van der Waals surface area contributed by atoms with Gasteiger partial charge in [0.1, 0.15) is 4.88 Å². The van der Waals surface area contributed by atoms with Crippen molar-refractivity contribution in [1.82, 2.24) is 9.55 Å². The van der Waals surface area contributed by atoms with Crippen LogP contribution >= 0.6 is 11.3 Å². The van der Waals surface area contributed by atoms with Gasteiger partial charge >= 0.3 is 11.7 Å². The second-order valence-corrected chi connectivity index (χ2v) is 8.10. The zero-order valence-corrected chi connectivity index (χ0v) is 18.9. The first-order valence-corrected chi connectivity index (χ1v) is 11.3. The summed E-state index contributed by atoms with van der Waals surface area (Å²) in [6.07, 6.45) is 2.93. The lowest BCUT2D eigenvalue weighted by molar-refractivity contribution is -0.118. The van der Waals surface area contributed by atoms with Crippen molar-refractivity contribution in [1.29, 1.82) is 0 Å². The summed E-state index contributed by atoms with van der Waals surface area (Å²) >= 11 is 1.16. The fraction of sp³-hybridized carbons (Fsp3) is 0.455. The number of carbonyl (C=O) groups excluding carboxylic acids is 2. The van der Waals surface area contributed by atoms with Gasteiger partial charge in [-0.1, -0.05) is 43.2 Å². The third-order valence-corrected chi connectivity index (χ3v) is 6.05. The first kappa shape index (κ1) is 22.7. The highest BCUT2D eigenvalue weighted by Crippen LogP contribution is 2.28. The van der Waals surface area contributed by atoms with E-state index in [2.05, 4.69) is 11.9 Å². The van der Waals surface area contributed by atoms with E-state index in [4.69, 9.17) is 9.15 Å². The van der Waals surface area contributed by atoms with E-state index in [0.29, 0.717) is 33.3 Å². The van der Waals surface area contributed by atoms with Gasteiger partial charge in [0.05, 0.1) is 17.8 Å². The van der Waals surface area contributed by atoms with Gasteiger partial charge in [-0.2, -0.15) is 0 Å². The lowest BCUT2D eigenvalue weighted by Crippen LogP contribution is -2.33. The van der Waals surface area contributed by atoms with Crippen molar-refractivity contribution in [3.05, 3.63) is 45.4 Å². The van der Waals surface area contributed by atoms with E-state index in [1.165, 1.54) is 4.57 Å². The van der Waals surface area contributed by atoms with Gasteiger partial charge in [-0.15, -0.1) is 0 Å². The minimum absolute atomic E-state index is 0.114. The smallest absolute Gasteiger partial charge is 0.419 e. The van der Waals surface area contributed by atoms with E-state index in [1.54, 1.807) is 36.9 Å². The number of aromatic nitrogens is 2. The SMILES string of the molecule is CCCCCN(C(=O)CCn1c(=O)oc2ccccc21)c1nc(C)c(C(=O)OCC)s1. The van der Waals surface area contributed by atoms with Gasteiger partial charge in [0.15, 0.2) is 10.7 Å². The molecule has 0 aliphatic heterocycles. The molecule has 0 saturated heterocycles. The lowest BCUT2D eigenvalue weighted by atomic mass is 10.2. The van der Waals surface area contributed by atoms with Crippen LogP contribution in [0.15, 0.2) is 33.5 Å². The number of rotatable bonds is 10. The molecule has 0 bridgehead atoms. The third kappa shape index (κ3) is 5.22. The summed E-state index contributed by atoms with van der Waals surface area (Å²) in [4.78, 5) is 44.0. The van der Waals surface area contributed by atoms with Gasteiger partial charge in [0.2, 0.25) is 5.91 Å². The van der Waals surface area contributed by atoms with Crippen LogP contribution in [0.1, 0.15) is 54.9 Å². The van der Waals surface area contributed by atoms with E-state index in [0.717, 1.165) is 30.6 Å². The summed E-state index contributed by atoms with van der Waals surface area (Å²) in [5.74, 6) is -1.07. The highest BCUT2D eigenvalue weighted by Gasteiger charge is 2.24. The maximum atomic E-state index is 13.1. The lowest BCUT2D eigenvalue weighted by Gasteiger charge is -2.20. The highest BCUT2D eigenvalue weighted by atomic mass is 32.1. The van der Waals surface area contributed by atoms with E-state index >= 15 is 0 Å². The number of anilines is 1. The highest BCUT2D eigenvalue weighted by molar-refractivity contribution is 7.17. The average molecular weight is 446 g/mol. The summed E-state index contributed by atoms with van der Waals surface area (Å²) in [6.45, 7) is 6.55. The van der Waals surface area contributed by atoms with Gasteiger partial charge in [0, 0.05) is 19.5 Å². The molecule has 2 heterocycles. The van der Waals surface area contributed by atoms with Gasteiger partial charge in [0.25, 0.3) is 0 Å². The number of benzene rings is 1. The number of hydrogen-bond donors (Lipinski definition) is 0. The normalized spacial score (nSPS) is 11.1. The predicted octanol–water partition coefficient (Wildman–Crippen LogP) is 4.15. The first-order chi connectivity index (χ1) is 15.0. The summed E-state index contributed by atoms with van der Waals surface area (Å²) in [5, 5.41) is 0.478. The van der Waals surface area contributed by atoms with Crippen LogP contribution in [0.2, 0.25) is 0 Å². The number of oxazole rings is 1. The molecule has 0 aliphatic carbocycles. The first-order valence-electron chi connectivity index (χ1n) is 10.5. The molecule has 166 valence electrons. The fourth-order valence-electron chi connectivity index (χ4n) is 3.30. The Balaban J connectivity index is 1.80. The number of carbonyl (C=O) groups is 2. The summed E-state index contributed by atoms with van der Waals surface area (Å²) in [6, 6.07) is 7.13. The van der Waals surface area contributed by atoms with Gasteiger partial charge in [-0.3, -0.25) is 14.3 Å². The third-order valence-electron chi connectivity index (χ3n) is 4.89. The Hall–Kier alpha value is -2.94. The summed E-state index contributed by atoms with van der Waals surface area (Å²) in [7, 11) is 0. The Labute approximate surface area is 184 Å². The van der Waals surface area contributed by atoms with Crippen molar-refractivity contribution in [3.63, 3.8) is 0 Å². The molecule has 8 nitrogen and oxygen atoms in total. The van der Waals surface area contributed by atoms with E-state index in [1.807, 2.05) is 6.07 Å². The molecule has 0 spiro atoms. The van der Waals surface area contributed by atoms with Crippen LogP contribution < -0.4 is 10.7 Å². The minimum atomic E-state index is -0.485. The van der Waals surface area contributed by atoms with Gasteiger partial charge < -0.3 is 9.15 Å². The molecule has 0 radical (unpaired) electrons. The predicted molar refractivity (Wildman–Crippen MR) is 120 cm³/mol. The van der Waals surface area contributed by atoms with Crippen LogP contribution in [0.25, 0.3) is 11.1 Å². The van der Waals surface area contributed by atoms with Crippen LogP contribution in [-0.4, -0.2) is 34.6 Å². The molecule has 0 aliphatic rings. The zero-order chi connectivity index (χ0) is 22.4. The van der Waals surface area contributed by atoms with Crippen molar-refractivity contribution < 1.29 is 18.7 Å². The van der Waals surface area contributed by atoms with Crippen LogP contribution in [0.5, 0.6) is 0 Å². The molecule has 3 rings (SSSR count). The minimum Gasteiger partial charge on any atom is -0.462 e. The molecule has 31 heavy (non-hydrogen) atoms. The number of thiazole rings is 1. The van der Waals surface area contributed by atoms with Crippen molar-refractivity contribution in [2.45, 2.75) is 53.0 Å². The molecule has 1 amide bonds. The maximum Gasteiger partial charge on any atom is 0.419 e. The molecule has 2 aromatic heterocycles. The van der Waals surface area contributed by atoms with Crippen LogP contribution in [0.3, 0.4) is 0 Å². The molecule has 0 fully saturated rings. The molecule has 3 aromatic rings. The quantitative estimate of drug-likeness (QED) is 0.344. The Morgan fingerprint density at radius 3 is 2.74 bits per heavy atom. The van der Waals surface area contributed by atoms with Crippen LogP contribution in [-0.2, 0) is 16.1 Å². The Morgan fingerprint density at radius 2 is 2.00 bits per heavy atom. The van der Waals surface area contributed by atoms with Crippen molar-refractivity contribution in [3.8, 4) is 0 Å². The van der Waals surface area contributed by atoms with Crippen LogP contribution in [0.4, 0.5) is 5.13 Å². The summed E-state index contributed by atoms with van der Waals surface area (Å²) in [5.41, 5.74) is 1.70. The van der Waals surface area contributed by atoms with E-state index in [-0.39, 0.29) is 25.5 Å². The topological polar surface area (TPSA) is 94.6 Å². The Bertz CT molecular complexity index is 1110. The number of amides is 1. The number of fused-ring (bicyclic) bond motifs is 1. The number of esters is 1. The monoisotopic (exact) mass is 445 g/mol. The number of hydrogen-bond acceptors (Lipinski definition) is 7. The molecule has 0 N–H and O–H groups in total. The second-order valence-electron chi connectivity index (χ2n) is 7.12. The maximum absolute atomic E-state index is 13.1. The van der Waals surface area contributed by atoms with Crippen LogP contribution in [0, 0.1) is 6.92 Å². The molecule has 0 saturated carbocycles. The molecule has 0 atom stereocenters. The Kier molecular flexibility index (Phi) is 7.62. The van der Waals surface area contributed by atoms with E-state index in [9.17, 15) is 14.4 Å². The number of para-hydroxylation sites is 2. The number of nitrogens with zero attached hydrogens (tertiary/aromatic N) is 3. The number of unbranched alkanes of at least 4 members (excludes halogenated alkanes) is 2. The van der Waals surface area contributed by atoms with Crippen molar-refractivity contribution in [2.75, 3.05) is 18.1 Å². The number of ether oxygens (including phenoxy) is 1. The van der Waals surface area contributed by atoms with Gasteiger partial charge in [-0.05, 0) is 32.4 Å². The molecule has 0 unspecified atom stereocenters. The molecule has 9 heteroatoms. The summed E-state index contributed by atoms with van der Waals surface area (Å²) < 4.78 is 11.8. The average Bonchev–Trinajstić information content (AvgIpc) is 3.28. The fourth-order valence-corrected chi connectivity index (χ4v) is 4.30. The van der Waals surface area contributed by atoms with Crippen molar-refractivity contribution in [2.24, 2.45) is 0 Å². The largest absolute Gasteiger partial charge is 0.462 e. The zero-order valence-electron chi connectivity index (χ0n) is 18.1. The second kappa shape index (κ2) is 10.4. The standard InChI is InChI=1S/C22H27N3O5S/c1-4-6-9-13-25(21-23-15(3)19(31-21)20(27)29-5-2)18(26)12-14-24-16-10-7-8-11-17(16)30-22(24)28/h7-8,10-11H,4-6,9,12-14H2,1-3H3. The molecule has 1 aromatic carbocycles. The van der Waals surface area contributed by atoms with E-state index < -0.39 is 11.7 Å². The Morgan fingerprint density at radius 1 is 1.23 bits per heavy atom. The molecular weight excluding hydrogens is 418 g/mol. The molecular formula is C22H27N3O5S.